The van der Waals surface area contributed by atoms with Crippen LogP contribution in [0.4, 0.5) is 5.69 Å². The lowest BCUT2D eigenvalue weighted by molar-refractivity contribution is -0.385. The molecule has 0 aromatic heterocycles. The Morgan fingerprint density at radius 3 is 2.81 bits per heavy atom. The van der Waals surface area contributed by atoms with Crippen molar-refractivity contribution in [2.24, 2.45) is 10.2 Å². The molecule has 21 heavy (non-hydrogen) atoms. The predicted octanol–water partition coefficient (Wildman–Crippen LogP) is 0.876. The van der Waals surface area contributed by atoms with E-state index in [0.717, 1.165) is 0 Å². The number of nitro groups is 1. The monoisotopic (exact) mass is 308 g/mol. The Hall–Kier alpha value is -2.62. The van der Waals surface area contributed by atoms with Crippen LogP contribution in [-0.4, -0.2) is 34.8 Å². The average Bonchev–Trinajstić information content (AvgIpc) is 3.06. The van der Waals surface area contributed by atoms with E-state index in [4.69, 9.17) is 9.47 Å². The van der Waals surface area contributed by atoms with Crippen LogP contribution in [0.15, 0.2) is 22.3 Å². The summed E-state index contributed by atoms with van der Waals surface area (Å²) in [6, 6.07) is 2.74. The van der Waals surface area contributed by atoms with Gasteiger partial charge in [-0.05, 0) is 6.07 Å². The molecule has 0 spiro atoms. The summed E-state index contributed by atoms with van der Waals surface area (Å²) in [6.07, 6.45) is 1.23. The normalized spacial score (nSPS) is 18.5. The number of fused-ring (bicyclic) bond motifs is 1. The van der Waals surface area contributed by atoms with Gasteiger partial charge in [0.25, 0.3) is 5.69 Å². The zero-order valence-corrected chi connectivity index (χ0v) is 11.3. The minimum absolute atomic E-state index is 0.0258. The van der Waals surface area contributed by atoms with Gasteiger partial charge in [0, 0.05) is 0 Å². The van der Waals surface area contributed by atoms with Gasteiger partial charge in [0.15, 0.2) is 16.7 Å². The summed E-state index contributed by atoms with van der Waals surface area (Å²) in [4.78, 5) is 21.5. The molecule has 0 unspecified atom stereocenters. The van der Waals surface area contributed by atoms with Crippen molar-refractivity contribution in [3.63, 3.8) is 0 Å². The Kier molecular flexibility index (Phi) is 3.44. The van der Waals surface area contributed by atoms with Crippen LogP contribution in [0, 0.1) is 10.1 Å². The molecule has 1 saturated heterocycles. The quantitative estimate of drug-likeness (QED) is 0.503. The number of thioether (sulfide) groups is 1. The zero-order chi connectivity index (χ0) is 14.8. The number of rotatable bonds is 3. The number of benzene rings is 1. The lowest BCUT2D eigenvalue weighted by atomic mass is 10.1. The molecule has 2 aliphatic heterocycles. The first kappa shape index (κ1) is 13.4. The molecule has 1 N–H and O–H groups in total. The predicted molar refractivity (Wildman–Crippen MR) is 74.8 cm³/mol. The molecule has 3 rings (SSSR count). The van der Waals surface area contributed by atoms with Crippen molar-refractivity contribution >= 4 is 34.7 Å². The molecule has 1 aromatic rings. The average molecular weight is 308 g/mol. The first-order valence-corrected chi connectivity index (χ1v) is 6.74. The lowest BCUT2D eigenvalue weighted by Gasteiger charge is -1.99. The van der Waals surface area contributed by atoms with Crippen LogP contribution in [0.5, 0.6) is 11.5 Å². The van der Waals surface area contributed by atoms with Crippen LogP contribution in [0.1, 0.15) is 5.56 Å². The maximum atomic E-state index is 11.0. The molecule has 0 bridgehead atoms. The van der Waals surface area contributed by atoms with E-state index in [1.807, 2.05) is 0 Å². The third-order valence-electron chi connectivity index (χ3n) is 2.65. The third kappa shape index (κ3) is 2.79. The van der Waals surface area contributed by atoms with Crippen LogP contribution >= 0.6 is 11.8 Å². The second kappa shape index (κ2) is 5.40. The van der Waals surface area contributed by atoms with Gasteiger partial charge in [0.1, 0.15) is 0 Å². The highest BCUT2D eigenvalue weighted by Crippen LogP contribution is 2.37. The number of hydrogen-bond acceptors (Lipinski definition) is 8. The van der Waals surface area contributed by atoms with Gasteiger partial charge < -0.3 is 14.8 Å². The Morgan fingerprint density at radius 1 is 1.38 bits per heavy atom. The fourth-order valence-electron chi connectivity index (χ4n) is 1.73. The molecule has 1 aromatic carbocycles. The van der Waals surface area contributed by atoms with E-state index in [1.54, 1.807) is 0 Å². The SMILES string of the molecule is O=C1CSC(=NN=Cc2cc3c(cc2[N+](=O)[O-])OCO3)N1. The zero-order valence-electron chi connectivity index (χ0n) is 10.4. The van der Waals surface area contributed by atoms with E-state index >= 15 is 0 Å². The van der Waals surface area contributed by atoms with Crippen LogP contribution in [-0.2, 0) is 4.79 Å². The fraction of sp³-hybridized carbons (Fsp3) is 0.182. The largest absolute Gasteiger partial charge is 0.454 e. The van der Waals surface area contributed by atoms with E-state index < -0.39 is 4.92 Å². The summed E-state index contributed by atoms with van der Waals surface area (Å²) in [5, 5.41) is 21.4. The highest BCUT2D eigenvalue weighted by molar-refractivity contribution is 8.15. The molecule has 2 aliphatic rings. The molecule has 1 fully saturated rings. The molecule has 0 aliphatic carbocycles. The summed E-state index contributed by atoms with van der Waals surface area (Å²) in [5.74, 6) is 0.878. The summed E-state index contributed by atoms with van der Waals surface area (Å²) >= 11 is 1.21. The number of nitrogens with one attached hydrogen (secondary N) is 1. The van der Waals surface area contributed by atoms with Gasteiger partial charge in [-0.2, -0.15) is 5.10 Å². The minimum atomic E-state index is -0.539. The van der Waals surface area contributed by atoms with E-state index in [-0.39, 0.29) is 24.0 Å². The molecule has 0 atom stereocenters. The van der Waals surface area contributed by atoms with Gasteiger partial charge in [-0.15, -0.1) is 5.10 Å². The molecule has 108 valence electrons. The van der Waals surface area contributed by atoms with Gasteiger partial charge in [-0.1, -0.05) is 11.8 Å². The number of ether oxygens (including phenoxy) is 2. The van der Waals surface area contributed by atoms with E-state index in [0.29, 0.717) is 22.4 Å². The van der Waals surface area contributed by atoms with Gasteiger partial charge in [-0.3, -0.25) is 14.9 Å². The van der Waals surface area contributed by atoms with Crippen LogP contribution in [0.2, 0.25) is 0 Å². The smallest absolute Gasteiger partial charge is 0.282 e. The number of hydrogen-bond donors (Lipinski definition) is 1. The Morgan fingerprint density at radius 2 is 2.14 bits per heavy atom. The van der Waals surface area contributed by atoms with Crippen molar-refractivity contribution in [3.8, 4) is 11.5 Å². The van der Waals surface area contributed by atoms with Gasteiger partial charge in [0.05, 0.1) is 28.5 Å². The Labute approximate surface area is 122 Å². The topological polar surface area (TPSA) is 115 Å². The highest BCUT2D eigenvalue weighted by atomic mass is 32.2. The number of carbonyl (C=O) groups is 1. The molecular weight excluding hydrogens is 300 g/mol. The number of carbonyl (C=O) groups excluding carboxylic acids is 1. The van der Waals surface area contributed by atoms with E-state index in [2.05, 4.69) is 15.5 Å². The number of nitro benzene ring substituents is 1. The van der Waals surface area contributed by atoms with E-state index in [9.17, 15) is 14.9 Å². The molecule has 10 heteroatoms. The summed E-state index contributed by atoms with van der Waals surface area (Å²) in [7, 11) is 0. The van der Waals surface area contributed by atoms with Crippen molar-refractivity contribution in [1.82, 2.24) is 5.32 Å². The first-order chi connectivity index (χ1) is 10.1. The van der Waals surface area contributed by atoms with Crippen molar-refractivity contribution in [2.45, 2.75) is 0 Å². The highest BCUT2D eigenvalue weighted by Gasteiger charge is 2.22. The summed E-state index contributed by atoms with van der Waals surface area (Å²) in [6.45, 7) is 0.0258. The number of amides is 1. The number of amidine groups is 1. The maximum absolute atomic E-state index is 11.0. The molecule has 0 saturated carbocycles. The van der Waals surface area contributed by atoms with Gasteiger partial charge >= 0.3 is 0 Å². The standard InChI is InChI=1S/C11H8N4O5S/c16-10-4-21-11(13-10)14-12-3-6-1-8-9(20-5-19-8)2-7(6)15(17)18/h1-3H,4-5H2,(H,13,14,16). The van der Waals surface area contributed by atoms with Crippen molar-refractivity contribution in [1.29, 1.82) is 0 Å². The first-order valence-electron chi connectivity index (χ1n) is 5.75. The number of nitrogens with zero attached hydrogens (tertiary/aromatic N) is 3. The third-order valence-corrected chi connectivity index (χ3v) is 3.51. The molecule has 2 heterocycles. The lowest BCUT2D eigenvalue weighted by Crippen LogP contribution is -2.19. The molecule has 1 amide bonds. The summed E-state index contributed by atoms with van der Waals surface area (Å²) < 4.78 is 10.3. The van der Waals surface area contributed by atoms with Crippen LogP contribution in [0.3, 0.4) is 0 Å². The van der Waals surface area contributed by atoms with Gasteiger partial charge in [-0.25, -0.2) is 0 Å². The molecule has 0 radical (unpaired) electrons. The van der Waals surface area contributed by atoms with Gasteiger partial charge in [0.2, 0.25) is 12.7 Å². The Bertz CT molecular complexity index is 687. The second-order valence-electron chi connectivity index (χ2n) is 4.01. The Balaban J connectivity index is 1.87. The van der Waals surface area contributed by atoms with Crippen LogP contribution in [0.25, 0.3) is 0 Å². The van der Waals surface area contributed by atoms with Crippen molar-refractivity contribution in [3.05, 3.63) is 27.8 Å². The fourth-order valence-corrected chi connectivity index (χ4v) is 2.36. The minimum Gasteiger partial charge on any atom is -0.454 e. The van der Waals surface area contributed by atoms with E-state index in [1.165, 1.54) is 30.1 Å². The van der Waals surface area contributed by atoms with Crippen molar-refractivity contribution in [2.75, 3.05) is 12.5 Å². The van der Waals surface area contributed by atoms with Crippen LogP contribution < -0.4 is 14.8 Å². The second-order valence-corrected chi connectivity index (χ2v) is 4.97. The van der Waals surface area contributed by atoms with Crippen molar-refractivity contribution < 1.29 is 19.2 Å². The maximum Gasteiger partial charge on any atom is 0.282 e. The molecule has 9 nitrogen and oxygen atoms in total. The molecular formula is C11H8N4O5S. The summed E-state index contributed by atoms with van der Waals surface area (Å²) in [5.41, 5.74) is 0.0780.